The number of rotatable bonds is 13. The van der Waals surface area contributed by atoms with Gasteiger partial charge in [0.1, 0.15) is 5.15 Å². The molecule has 0 unspecified atom stereocenters. The SMILES string of the molecule is C1CCNC1.CN1Cc2cc(Cl)cc(Cl)c2C1=O.COC(=O)c1ccc(N)c(OC)c1F.COc1c(N)ccc(Br)c1F.COc1c(N)ccc(C(=O)N2CCCC2)c1F.COc1c(N)ccc(C(=O)O)c1F.COc1c(N)ccc(C(=O)O)c1F.COc1c(Nc2cc(Cl)nc3c2C(=O)N(C)C3)ccc(C(=O)N2CCCC2)c1F. The molecule has 0 radical (unpaired) electrons. The Hall–Kier alpha value is -11.5. The van der Waals surface area contributed by atoms with Gasteiger partial charge >= 0.3 is 17.9 Å². The highest BCUT2D eigenvalue weighted by atomic mass is 79.9. The van der Waals surface area contributed by atoms with Crippen molar-refractivity contribution in [1.29, 1.82) is 0 Å². The highest BCUT2D eigenvalue weighted by Gasteiger charge is 2.33. The van der Waals surface area contributed by atoms with Crippen molar-refractivity contribution in [3.05, 3.63) is 196 Å². The van der Waals surface area contributed by atoms with E-state index in [9.17, 15) is 55.5 Å². The third kappa shape index (κ3) is 23.1. The largest absolute Gasteiger partial charge is 0.492 e. The number of likely N-dealkylation sites (tertiary alicyclic amines) is 2. The summed E-state index contributed by atoms with van der Waals surface area (Å²) in [6.07, 6.45) is 6.56. The summed E-state index contributed by atoms with van der Waals surface area (Å²) in [6, 6.07) is 21.3. The van der Waals surface area contributed by atoms with Crippen LogP contribution >= 0.6 is 50.7 Å². The number of anilines is 7. The number of carboxylic acid groups (broad SMARTS) is 2. The van der Waals surface area contributed by atoms with E-state index >= 15 is 4.39 Å². The Morgan fingerprint density at radius 2 is 0.835 bits per heavy atom. The molecule has 618 valence electrons. The summed E-state index contributed by atoms with van der Waals surface area (Å²) in [6.45, 7) is 6.05. The number of benzene rings is 7. The van der Waals surface area contributed by atoms with Gasteiger partial charge in [0, 0.05) is 51.8 Å². The molecule has 0 atom stereocenters. The van der Waals surface area contributed by atoms with Crippen LogP contribution in [0.25, 0.3) is 0 Å². The number of nitrogens with one attached hydrogen (secondary N) is 2. The third-order valence-electron chi connectivity index (χ3n) is 17.4. The first-order valence-electron chi connectivity index (χ1n) is 34.5. The lowest BCUT2D eigenvalue weighted by Gasteiger charge is -2.19. The van der Waals surface area contributed by atoms with E-state index in [1.54, 1.807) is 53.1 Å². The van der Waals surface area contributed by atoms with Crippen molar-refractivity contribution in [2.75, 3.05) is 137 Å². The minimum atomic E-state index is -1.35. The summed E-state index contributed by atoms with van der Waals surface area (Å²) in [5.74, 6) is -9.63. The summed E-state index contributed by atoms with van der Waals surface area (Å²) >= 11 is 20.8. The van der Waals surface area contributed by atoms with Crippen molar-refractivity contribution >= 4 is 132 Å². The van der Waals surface area contributed by atoms with E-state index in [0.717, 1.165) is 43.4 Å². The second-order valence-corrected chi connectivity index (χ2v) is 27.0. The number of fused-ring (bicyclic) bond motifs is 2. The van der Waals surface area contributed by atoms with Gasteiger partial charge in [0.25, 0.3) is 23.6 Å². The molecule has 3 fully saturated rings. The van der Waals surface area contributed by atoms with Crippen LogP contribution < -0.4 is 67.7 Å². The van der Waals surface area contributed by atoms with Gasteiger partial charge in [0.15, 0.2) is 69.4 Å². The van der Waals surface area contributed by atoms with Crippen LogP contribution in [0.2, 0.25) is 15.2 Å². The molecule has 0 bridgehead atoms. The van der Waals surface area contributed by atoms with Gasteiger partial charge in [-0.25, -0.2) is 45.7 Å². The predicted molar refractivity (Wildman–Crippen MR) is 426 cm³/mol. The number of carbonyl (C=O) groups excluding carboxylic acids is 5. The minimum Gasteiger partial charge on any atom is -0.492 e. The van der Waals surface area contributed by atoms with E-state index in [1.807, 2.05) is 0 Å². The maximum absolute atomic E-state index is 15.1. The molecule has 6 heterocycles. The lowest BCUT2D eigenvalue weighted by Crippen LogP contribution is -2.28. The van der Waals surface area contributed by atoms with Crippen molar-refractivity contribution < 1.29 is 103 Å². The van der Waals surface area contributed by atoms with Gasteiger partial charge in [0.05, 0.1) is 150 Å². The van der Waals surface area contributed by atoms with Gasteiger partial charge in [-0.1, -0.05) is 34.8 Å². The number of halogens is 10. The molecule has 115 heavy (non-hydrogen) atoms. The highest BCUT2D eigenvalue weighted by Crippen LogP contribution is 2.39. The summed E-state index contributed by atoms with van der Waals surface area (Å²) in [5, 5.41) is 24.6. The van der Waals surface area contributed by atoms with Crippen LogP contribution in [-0.2, 0) is 17.8 Å². The number of ether oxygens (including phenoxy) is 7. The van der Waals surface area contributed by atoms with Crippen molar-refractivity contribution in [3.8, 4) is 34.5 Å². The zero-order chi connectivity index (χ0) is 85.4. The topological polar surface area (TPSA) is 405 Å². The molecule has 13 rings (SSSR count). The quantitative estimate of drug-likeness (QED) is 0.0224. The number of pyridine rings is 1. The third-order valence-corrected chi connectivity index (χ3v) is 18.7. The highest BCUT2D eigenvalue weighted by molar-refractivity contribution is 9.10. The summed E-state index contributed by atoms with van der Waals surface area (Å²) in [4.78, 5) is 91.3. The molecule has 1 aromatic heterocycles. The average Bonchev–Trinajstić information content (AvgIpc) is 1.67. The molecule has 7 aromatic carbocycles. The second-order valence-electron chi connectivity index (χ2n) is 24.9. The molecule has 38 heteroatoms. The molecule has 5 aliphatic heterocycles. The summed E-state index contributed by atoms with van der Waals surface area (Å²) in [7, 11) is 12.3. The Labute approximate surface area is 680 Å². The molecule has 5 aliphatic rings. The lowest BCUT2D eigenvalue weighted by molar-refractivity contribution is 0.0592. The number of carboxylic acids is 2. The Balaban J connectivity index is 0.000000212. The molecule has 14 N–H and O–H groups in total. The van der Waals surface area contributed by atoms with E-state index in [1.165, 1.54) is 135 Å². The van der Waals surface area contributed by atoms with Crippen LogP contribution in [-0.4, -0.2) is 179 Å². The van der Waals surface area contributed by atoms with E-state index in [0.29, 0.717) is 82.0 Å². The van der Waals surface area contributed by atoms with Crippen LogP contribution in [0.5, 0.6) is 34.5 Å². The second kappa shape index (κ2) is 43.1. The molecular formula is C77H84BrCl3F6N12O16. The fourth-order valence-corrected chi connectivity index (χ4v) is 12.8. The van der Waals surface area contributed by atoms with Gasteiger partial charge in [-0.2, -0.15) is 0 Å². The monoisotopic (exact) mass is 1730 g/mol. The van der Waals surface area contributed by atoms with Crippen molar-refractivity contribution in [2.45, 2.75) is 51.6 Å². The number of esters is 1. The minimum absolute atomic E-state index is 0.0259. The molecule has 3 saturated heterocycles. The smallest absolute Gasteiger partial charge is 0.340 e. The first kappa shape index (κ1) is 92.3. The molecule has 0 aliphatic carbocycles. The number of nitrogens with two attached hydrogens (primary N) is 5. The maximum Gasteiger partial charge on any atom is 0.340 e. The summed E-state index contributed by atoms with van der Waals surface area (Å²) in [5.41, 5.74) is 29.9. The fourth-order valence-electron chi connectivity index (χ4n) is 11.6. The van der Waals surface area contributed by atoms with Gasteiger partial charge < -0.3 is 102 Å². The zero-order valence-electron chi connectivity index (χ0n) is 63.6. The molecule has 8 aromatic rings. The predicted octanol–water partition coefficient (Wildman–Crippen LogP) is 13.7. The number of hydrogen-bond acceptors (Lipinski definition) is 22. The summed E-state index contributed by atoms with van der Waals surface area (Å²) < 4.78 is 115. The van der Waals surface area contributed by atoms with Crippen molar-refractivity contribution in [3.63, 3.8) is 0 Å². The average molecular weight is 1730 g/mol. The van der Waals surface area contributed by atoms with Crippen LogP contribution in [0.15, 0.2) is 95.5 Å². The van der Waals surface area contributed by atoms with Crippen LogP contribution in [0, 0.1) is 34.9 Å². The standard InChI is InChI=1S/C20H20ClFN4O3.C12H15FN2O2.C9H7Cl2NO.C9H10FNO3.2C8H8FNO3.C7H7BrFNO.C4H9N/c1-25-10-14-16(20(25)28)13(9-15(21)24-14)23-12-6-5-11(17(22)18(12)29-2)19(27)26-7-3-4-8-26;1-17-11-9(14)5-4-8(10(11)13)12(16)15-6-2-3-7-15;1-12-4-5-2-6(10)3-7(11)8(5)9(12)13;1-13-8-6(11)4-3-5(7(8)10)9(12)14-2;2*1-13-7-5(10)3-2-4(6(7)9)8(11)12;1-11-7-5(10)3-2-4(8)6(7)9;1-2-4-5-3-1/h5-6,9H,3-4,7-8,10H2,1-2H3,(H,23,24);4-5H,2-3,6-7,14H2,1H3;2-3H,4H2,1H3;3-4H,11H2,1-2H3;2*2-3H,10H2,1H3,(H,11,12);2-3H,10H2,1H3;5H,1-4H2. The number of amides is 4. The molecule has 0 spiro atoms. The number of methoxy groups -OCH3 is 7. The van der Waals surface area contributed by atoms with E-state index in [4.69, 9.17) is 92.6 Å². The lowest BCUT2D eigenvalue weighted by atomic mass is 10.1. The van der Waals surface area contributed by atoms with E-state index in [-0.39, 0.29) is 108 Å². The van der Waals surface area contributed by atoms with Crippen molar-refractivity contribution in [2.24, 2.45) is 0 Å². The Morgan fingerprint density at radius 3 is 1.23 bits per heavy atom. The number of aromatic carboxylic acids is 2. The number of nitrogens with zero attached hydrogens (tertiary/aromatic N) is 5. The fraction of sp³-hybridized carbons (Fsp3) is 0.299. The number of hydrogen-bond donors (Lipinski definition) is 9. The number of nitrogen functional groups attached to an aromatic ring is 5. The molecular weight excluding hydrogens is 1650 g/mol. The Bertz CT molecular complexity index is 4820. The molecule has 28 nitrogen and oxygen atoms in total. The maximum atomic E-state index is 15.1. The molecule has 0 saturated carbocycles. The van der Waals surface area contributed by atoms with Gasteiger partial charge in [-0.05, 0) is 164 Å². The number of aromatic nitrogens is 1. The van der Waals surface area contributed by atoms with Crippen molar-refractivity contribution in [1.82, 2.24) is 29.9 Å². The first-order chi connectivity index (χ1) is 54.6. The normalized spacial score (nSPS) is 13.2. The van der Waals surface area contributed by atoms with Crippen LogP contribution in [0.3, 0.4) is 0 Å². The number of carbonyl (C=O) groups is 7. The van der Waals surface area contributed by atoms with E-state index in [2.05, 4.69) is 45.8 Å². The first-order valence-corrected chi connectivity index (χ1v) is 36.4. The van der Waals surface area contributed by atoms with Crippen LogP contribution in [0.1, 0.15) is 122 Å². The van der Waals surface area contributed by atoms with E-state index < -0.39 is 63.9 Å². The Morgan fingerprint density at radius 1 is 0.470 bits per heavy atom. The van der Waals surface area contributed by atoms with Crippen LogP contribution in [0.4, 0.5) is 66.2 Å². The van der Waals surface area contributed by atoms with Gasteiger partial charge in [-0.3, -0.25) is 19.2 Å². The molecule has 4 amide bonds. The zero-order valence-corrected chi connectivity index (χ0v) is 67.4. The Kier molecular flexibility index (Phi) is 34.6. The van der Waals surface area contributed by atoms with Gasteiger partial charge in [-0.15, -0.1) is 0 Å². The van der Waals surface area contributed by atoms with Gasteiger partial charge in [0.2, 0.25) is 0 Å².